The smallest absolute Gasteiger partial charge is 0.280 e. The van der Waals surface area contributed by atoms with Crippen molar-refractivity contribution in [3.05, 3.63) is 58.9 Å². The third kappa shape index (κ3) is 4.95. The number of fused-ring (bicyclic) bond motifs is 2. The first-order valence-corrected chi connectivity index (χ1v) is 11.7. The largest absolute Gasteiger partial charge is 0.379 e. The van der Waals surface area contributed by atoms with Gasteiger partial charge < -0.3 is 4.74 Å². The molecule has 0 aliphatic carbocycles. The first kappa shape index (κ1) is 23.8. The lowest BCUT2D eigenvalue weighted by atomic mass is 10.2. The Labute approximate surface area is 206 Å². The summed E-state index contributed by atoms with van der Waals surface area (Å²) in [5, 5.41) is 1.25. The Morgan fingerprint density at radius 3 is 2.67 bits per heavy atom. The first-order valence-electron chi connectivity index (χ1n) is 10.5. The highest BCUT2D eigenvalue weighted by Gasteiger charge is 2.25. The zero-order valence-electron chi connectivity index (χ0n) is 18.0. The number of anilines is 1. The number of hydrogen-bond donors (Lipinski definition) is 0. The number of halogens is 2. The molecule has 3 heterocycles. The minimum absolute atomic E-state index is 0. The topological polar surface area (TPSA) is 71.5 Å². The van der Waals surface area contributed by atoms with Gasteiger partial charge in [0, 0.05) is 26.2 Å². The molecule has 4 aromatic rings. The van der Waals surface area contributed by atoms with Crippen molar-refractivity contribution in [1.82, 2.24) is 19.9 Å². The van der Waals surface area contributed by atoms with Crippen LogP contribution in [0.5, 0.6) is 0 Å². The number of aromatic nitrogens is 3. The Bertz CT molecular complexity index is 1250. The van der Waals surface area contributed by atoms with Gasteiger partial charge in [0.15, 0.2) is 5.13 Å². The maximum absolute atomic E-state index is 13.6. The van der Waals surface area contributed by atoms with Gasteiger partial charge in [-0.25, -0.2) is 9.97 Å². The average molecular weight is 504 g/mol. The fourth-order valence-corrected chi connectivity index (χ4v) is 5.10. The minimum atomic E-state index is -0.218. The van der Waals surface area contributed by atoms with E-state index in [0.717, 1.165) is 40.9 Å². The summed E-state index contributed by atoms with van der Waals surface area (Å²) in [6, 6.07) is 11.3. The van der Waals surface area contributed by atoms with Crippen LogP contribution in [0.1, 0.15) is 16.1 Å². The molecule has 10 heteroatoms. The summed E-state index contributed by atoms with van der Waals surface area (Å²) in [4.78, 5) is 31.4. The number of carbonyl (C=O) groups excluding carboxylic acids is 1. The van der Waals surface area contributed by atoms with Gasteiger partial charge >= 0.3 is 0 Å². The summed E-state index contributed by atoms with van der Waals surface area (Å²) in [6.07, 6.45) is 1.54. The number of morpholine rings is 1. The second-order valence-corrected chi connectivity index (χ2v) is 9.08. The Hall–Kier alpha value is -2.36. The number of benzene rings is 2. The first-order chi connectivity index (χ1) is 15.6. The highest BCUT2D eigenvalue weighted by Crippen LogP contribution is 2.36. The predicted octanol–water partition coefficient (Wildman–Crippen LogP) is 4.60. The second kappa shape index (κ2) is 10.3. The van der Waals surface area contributed by atoms with E-state index >= 15 is 0 Å². The Morgan fingerprint density at radius 2 is 1.91 bits per heavy atom. The summed E-state index contributed by atoms with van der Waals surface area (Å²) >= 11 is 7.86. The van der Waals surface area contributed by atoms with Crippen molar-refractivity contribution in [2.45, 2.75) is 6.92 Å². The molecule has 2 aromatic carbocycles. The molecule has 1 saturated heterocycles. The molecule has 7 nitrogen and oxygen atoms in total. The van der Waals surface area contributed by atoms with E-state index in [1.54, 1.807) is 4.90 Å². The van der Waals surface area contributed by atoms with Crippen LogP contribution in [-0.4, -0.2) is 65.2 Å². The van der Waals surface area contributed by atoms with Crippen LogP contribution in [0.25, 0.3) is 21.3 Å². The second-order valence-electron chi connectivity index (χ2n) is 7.69. The van der Waals surface area contributed by atoms with Crippen molar-refractivity contribution in [3.8, 4) is 0 Å². The fraction of sp³-hybridized carbons (Fsp3) is 0.304. The summed E-state index contributed by atoms with van der Waals surface area (Å²) in [7, 11) is 0. The third-order valence-corrected chi connectivity index (χ3v) is 7.11. The van der Waals surface area contributed by atoms with Crippen molar-refractivity contribution in [3.63, 3.8) is 0 Å². The molecule has 0 spiro atoms. The lowest BCUT2D eigenvalue weighted by Gasteiger charge is -2.29. The minimum Gasteiger partial charge on any atom is -0.379 e. The van der Waals surface area contributed by atoms with Crippen molar-refractivity contribution in [2.24, 2.45) is 0 Å². The lowest BCUT2D eigenvalue weighted by molar-refractivity contribution is 0.0391. The van der Waals surface area contributed by atoms with Crippen molar-refractivity contribution in [1.29, 1.82) is 0 Å². The third-order valence-electron chi connectivity index (χ3n) is 5.57. The number of aryl methyl sites for hydroxylation is 1. The quantitative estimate of drug-likeness (QED) is 0.396. The zero-order valence-corrected chi connectivity index (χ0v) is 20.4. The zero-order chi connectivity index (χ0) is 22.1. The van der Waals surface area contributed by atoms with Gasteiger partial charge in [-0.1, -0.05) is 41.1 Å². The number of amides is 1. The molecule has 0 bridgehead atoms. The Balaban J connectivity index is 0.00000259. The van der Waals surface area contributed by atoms with E-state index in [2.05, 4.69) is 14.9 Å². The number of thiazole rings is 1. The molecule has 0 unspecified atom stereocenters. The van der Waals surface area contributed by atoms with E-state index < -0.39 is 0 Å². The van der Waals surface area contributed by atoms with Crippen LogP contribution >= 0.6 is 35.3 Å². The lowest BCUT2D eigenvalue weighted by Crippen LogP contribution is -2.43. The van der Waals surface area contributed by atoms with E-state index in [4.69, 9.17) is 21.3 Å². The fourth-order valence-electron chi connectivity index (χ4n) is 3.75. The van der Waals surface area contributed by atoms with Crippen LogP contribution in [-0.2, 0) is 4.74 Å². The number of carbonyl (C=O) groups is 1. The Kier molecular flexibility index (Phi) is 7.41. The number of rotatable bonds is 5. The monoisotopic (exact) mass is 503 g/mol. The van der Waals surface area contributed by atoms with Crippen LogP contribution in [0.4, 0.5) is 5.13 Å². The van der Waals surface area contributed by atoms with E-state index in [1.807, 2.05) is 43.3 Å². The SMILES string of the molecule is Cc1ccc(Cl)c2sc(N(CCN3CCOCC3)C(=O)c3cnc4ccccc4n3)nc12.Cl. The average Bonchev–Trinajstić information content (AvgIpc) is 3.28. The summed E-state index contributed by atoms with van der Waals surface area (Å²) in [5.74, 6) is -0.218. The van der Waals surface area contributed by atoms with Gasteiger partial charge in [-0.15, -0.1) is 12.4 Å². The van der Waals surface area contributed by atoms with E-state index in [-0.39, 0.29) is 18.3 Å². The van der Waals surface area contributed by atoms with Gasteiger partial charge in [0.2, 0.25) is 0 Å². The molecular weight excluding hydrogens is 481 g/mol. The molecule has 5 rings (SSSR count). The van der Waals surface area contributed by atoms with E-state index in [1.165, 1.54) is 17.5 Å². The number of nitrogens with zero attached hydrogens (tertiary/aromatic N) is 5. The van der Waals surface area contributed by atoms with Gasteiger partial charge in [-0.05, 0) is 30.7 Å². The van der Waals surface area contributed by atoms with Crippen molar-refractivity contribution < 1.29 is 9.53 Å². The van der Waals surface area contributed by atoms with Gasteiger partial charge in [-0.2, -0.15) is 0 Å². The molecule has 1 amide bonds. The Morgan fingerprint density at radius 1 is 1.15 bits per heavy atom. The molecule has 1 aliphatic heterocycles. The summed E-state index contributed by atoms with van der Waals surface area (Å²) in [6.45, 7) is 6.32. The highest BCUT2D eigenvalue weighted by atomic mass is 35.5. The molecule has 0 atom stereocenters. The number of hydrogen-bond acceptors (Lipinski definition) is 7. The van der Waals surface area contributed by atoms with Gasteiger partial charge in [-0.3, -0.25) is 19.6 Å². The van der Waals surface area contributed by atoms with Gasteiger partial charge in [0.05, 0.1) is 45.7 Å². The van der Waals surface area contributed by atoms with Gasteiger partial charge in [0.25, 0.3) is 5.91 Å². The van der Waals surface area contributed by atoms with Crippen LogP contribution in [0.15, 0.2) is 42.6 Å². The highest BCUT2D eigenvalue weighted by molar-refractivity contribution is 7.23. The molecular formula is C23H23Cl2N5O2S. The molecule has 172 valence electrons. The van der Waals surface area contributed by atoms with Crippen LogP contribution in [0, 0.1) is 6.92 Å². The van der Waals surface area contributed by atoms with Crippen LogP contribution in [0.3, 0.4) is 0 Å². The van der Waals surface area contributed by atoms with Crippen LogP contribution < -0.4 is 4.90 Å². The standard InChI is InChI=1S/C23H22ClN5O2S.ClH/c1-15-6-7-16(24)21-20(15)27-23(32-21)29(9-8-28-10-12-31-13-11-28)22(30)19-14-25-17-4-2-3-5-18(17)26-19;/h2-7,14H,8-13H2,1H3;1H. The number of para-hydroxylation sites is 2. The van der Waals surface area contributed by atoms with Crippen molar-refractivity contribution in [2.75, 3.05) is 44.3 Å². The van der Waals surface area contributed by atoms with E-state index in [9.17, 15) is 4.79 Å². The van der Waals surface area contributed by atoms with Crippen LogP contribution in [0.2, 0.25) is 5.02 Å². The molecule has 1 fully saturated rings. The molecule has 0 N–H and O–H groups in total. The van der Waals surface area contributed by atoms with Crippen molar-refractivity contribution >= 4 is 67.6 Å². The molecule has 1 aliphatic rings. The number of ether oxygens (including phenoxy) is 1. The van der Waals surface area contributed by atoms with E-state index in [0.29, 0.717) is 41.1 Å². The molecule has 2 aromatic heterocycles. The van der Waals surface area contributed by atoms with Gasteiger partial charge in [0.1, 0.15) is 5.69 Å². The predicted molar refractivity (Wildman–Crippen MR) is 135 cm³/mol. The molecule has 0 radical (unpaired) electrons. The summed E-state index contributed by atoms with van der Waals surface area (Å²) in [5.41, 5.74) is 3.60. The molecule has 0 saturated carbocycles. The normalized spacial score (nSPS) is 14.4. The maximum Gasteiger partial charge on any atom is 0.280 e. The summed E-state index contributed by atoms with van der Waals surface area (Å²) < 4.78 is 6.33. The molecule has 33 heavy (non-hydrogen) atoms. The maximum atomic E-state index is 13.6.